The molecule has 0 saturated heterocycles. The van der Waals surface area contributed by atoms with Gasteiger partial charge >= 0.3 is 0 Å². The first-order valence-electron chi connectivity index (χ1n) is 5.81. The topological polar surface area (TPSA) is 72.2 Å². The first-order chi connectivity index (χ1) is 8.41. The van der Waals surface area contributed by atoms with Crippen molar-refractivity contribution in [2.45, 2.75) is 32.7 Å². The number of halogens is 1. The molecule has 1 unspecified atom stereocenters. The molecule has 3 N–H and O–H groups in total. The smallest absolute Gasteiger partial charge is 0.221 e. The molecular weight excluding hydrogens is 235 g/mol. The van der Waals surface area contributed by atoms with Crippen molar-refractivity contribution in [1.82, 2.24) is 0 Å². The largest absolute Gasteiger partial charge is 0.326 e. The molecule has 18 heavy (non-hydrogen) atoms. The van der Waals surface area contributed by atoms with Gasteiger partial charge in [-0.15, -0.1) is 0 Å². The van der Waals surface area contributed by atoms with E-state index in [1.165, 1.54) is 13.0 Å². The molecule has 5 heteroatoms. The van der Waals surface area contributed by atoms with Crippen LogP contribution in [0.1, 0.15) is 34.8 Å². The highest BCUT2D eigenvalue weighted by molar-refractivity contribution is 6.09. The second-order valence-electron chi connectivity index (χ2n) is 4.58. The van der Waals surface area contributed by atoms with Crippen LogP contribution in [0.2, 0.25) is 0 Å². The predicted molar refractivity (Wildman–Crippen MR) is 66.1 cm³/mol. The van der Waals surface area contributed by atoms with E-state index in [2.05, 4.69) is 5.32 Å². The third-order valence-corrected chi connectivity index (χ3v) is 3.25. The van der Waals surface area contributed by atoms with E-state index in [9.17, 15) is 14.0 Å². The average molecular weight is 250 g/mol. The summed E-state index contributed by atoms with van der Waals surface area (Å²) in [5.41, 5.74) is 7.43. The lowest BCUT2D eigenvalue weighted by Crippen LogP contribution is -2.36. The van der Waals surface area contributed by atoms with Gasteiger partial charge in [-0.1, -0.05) is 0 Å². The molecule has 0 fully saturated rings. The highest BCUT2D eigenvalue weighted by Gasteiger charge is 2.29. The third-order valence-electron chi connectivity index (χ3n) is 3.25. The van der Waals surface area contributed by atoms with Crippen LogP contribution in [0.3, 0.4) is 0 Å². The summed E-state index contributed by atoms with van der Waals surface area (Å²) in [4.78, 5) is 23.2. The summed E-state index contributed by atoms with van der Waals surface area (Å²) in [5.74, 6) is -0.990. The molecule has 4 nitrogen and oxygen atoms in total. The molecule has 0 spiro atoms. The lowest BCUT2D eigenvalue weighted by atomic mass is 9.83. The Morgan fingerprint density at radius 1 is 1.56 bits per heavy atom. The number of hydrogen-bond acceptors (Lipinski definition) is 3. The maximum Gasteiger partial charge on any atom is 0.221 e. The van der Waals surface area contributed by atoms with Gasteiger partial charge in [0.25, 0.3) is 0 Å². The van der Waals surface area contributed by atoms with Gasteiger partial charge in [-0.2, -0.15) is 0 Å². The second-order valence-corrected chi connectivity index (χ2v) is 4.58. The minimum Gasteiger partial charge on any atom is -0.326 e. The molecule has 1 amide bonds. The molecule has 96 valence electrons. The zero-order chi connectivity index (χ0) is 13.4. The van der Waals surface area contributed by atoms with E-state index < -0.39 is 11.9 Å². The van der Waals surface area contributed by atoms with Crippen LogP contribution >= 0.6 is 0 Å². The van der Waals surface area contributed by atoms with E-state index in [0.29, 0.717) is 29.5 Å². The van der Waals surface area contributed by atoms with E-state index in [1.807, 2.05) is 0 Å². The quantitative estimate of drug-likeness (QED) is 0.794. The predicted octanol–water partition coefficient (Wildman–Crippen LogP) is 1.55. The number of amides is 1. The Balaban J connectivity index is 2.64. The third kappa shape index (κ3) is 2.01. The first kappa shape index (κ1) is 12.7. The highest BCUT2D eigenvalue weighted by Crippen LogP contribution is 2.32. The lowest BCUT2D eigenvalue weighted by Gasteiger charge is -2.24. The normalized spacial score (nSPS) is 18.4. The van der Waals surface area contributed by atoms with Crippen molar-refractivity contribution in [2.24, 2.45) is 5.73 Å². The summed E-state index contributed by atoms with van der Waals surface area (Å²) in [5, 5.41) is 2.50. The Hall–Kier alpha value is -1.75. The SMILES string of the molecule is CC(=O)Nc1cc(F)c(C)c2c1C(=O)C(N)CC2. The zero-order valence-electron chi connectivity index (χ0n) is 10.3. The molecule has 0 aromatic heterocycles. The van der Waals surface area contributed by atoms with Gasteiger partial charge in [-0.25, -0.2) is 4.39 Å². The van der Waals surface area contributed by atoms with Crippen LogP contribution < -0.4 is 11.1 Å². The number of benzene rings is 1. The van der Waals surface area contributed by atoms with Crippen LogP contribution in [0.25, 0.3) is 0 Å². The van der Waals surface area contributed by atoms with Crippen molar-refractivity contribution < 1.29 is 14.0 Å². The Bertz CT molecular complexity index is 540. The minimum absolute atomic E-state index is 0.223. The summed E-state index contributed by atoms with van der Waals surface area (Å²) in [7, 11) is 0. The molecule has 0 aliphatic heterocycles. The van der Waals surface area contributed by atoms with E-state index in [0.717, 1.165) is 0 Å². The average Bonchev–Trinajstić information content (AvgIpc) is 2.28. The zero-order valence-corrected chi connectivity index (χ0v) is 10.3. The minimum atomic E-state index is -0.574. The van der Waals surface area contributed by atoms with Crippen molar-refractivity contribution in [3.05, 3.63) is 28.6 Å². The van der Waals surface area contributed by atoms with Gasteiger partial charge in [0.05, 0.1) is 11.7 Å². The Labute approximate surface area is 104 Å². The highest BCUT2D eigenvalue weighted by atomic mass is 19.1. The first-order valence-corrected chi connectivity index (χ1v) is 5.81. The fraction of sp³-hybridized carbons (Fsp3) is 0.385. The van der Waals surface area contributed by atoms with Crippen LogP contribution in [0.4, 0.5) is 10.1 Å². The number of carbonyl (C=O) groups excluding carboxylic acids is 2. The fourth-order valence-corrected chi connectivity index (χ4v) is 2.30. The molecule has 1 atom stereocenters. The van der Waals surface area contributed by atoms with Crippen LogP contribution in [0.5, 0.6) is 0 Å². The number of fused-ring (bicyclic) bond motifs is 1. The van der Waals surface area contributed by atoms with Gasteiger partial charge in [0.1, 0.15) is 5.82 Å². The summed E-state index contributed by atoms with van der Waals surface area (Å²) in [6, 6.07) is 0.612. The monoisotopic (exact) mass is 250 g/mol. The van der Waals surface area contributed by atoms with Crippen LogP contribution in [0, 0.1) is 12.7 Å². The maximum atomic E-state index is 13.7. The van der Waals surface area contributed by atoms with Crippen molar-refractivity contribution in [2.75, 3.05) is 5.32 Å². The number of Topliss-reactive ketones (excluding diaryl/α,β-unsaturated/α-hetero) is 1. The lowest BCUT2D eigenvalue weighted by molar-refractivity contribution is -0.114. The number of ketones is 1. The summed E-state index contributed by atoms with van der Waals surface area (Å²) in [6.07, 6.45) is 1.06. The number of rotatable bonds is 1. The van der Waals surface area contributed by atoms with Gasteiger partial charge in [0.15, 0.2) is 5.78 Å². The van der Waals surface area contributed by atoms with E-state index in [4.69, 9.17) is 5.73 Å². The van der Waals surface area contributed by atoms with Crippen molar-refractivity contribution in [1.29, 1.82) is 0 Å². The Kier molecular flexibility index (Phi) is 3.17. The molecule has 0 radical (unpaired) electrons. The summed E-state index contributed by atoms with van der Waals surface area (Å²) in [6.45, 7) is 2.95. The van der Waals surface area contributed by atoms with Crippen LogP contribution in [0.15, 0.2) is 6.07 Å². The number of nitrogens with two attached hydrogens (primary N) is 1. The standard InChI is InChI=1S/C13H15FN2O2/c1-6-8-3-4-10(15)13(18)12(8)11(5-9(6)14)16-7(2)17/h5,10H,3-4,15H2,1-2H3,(H,16,17). The van der Waals surface area contributed by atoms with Gasteiger partial charge in [0, 0.05) is 12.5 Å². The molecule has 0 heterocycles. The van der Waals surface area contributed by atoms with Crippen LogP contribution in [-0.2, 0) is 11.2 Å². The molecule has 1 aliphatic carbocycles. The van der Waals surface area contributed by atoms with Gasteiger partial charge in [-0.3, -0.25) is 9.59 Å². The summed E-state index contributed by atoms with van der Waals surface area (Å²) < 4.78 is 13.7. The molecule has 1 aromatic carbocycles. The molecule has 0 bridgehead atoms. The van der Waals surface area contributed by atoms with Crippen LogP contribution in [-0.4, -0.2) is 17.7 Å². The number of nitrogens with one attached hydrogen (secondary N) is 1. The Morgan fingerprint density at radius 3 is 2.83 bits per heavy atom. The van der Waals surface area contributed by atoms with E-state index in [1.54, 1.807) is 6.92 Å². The maximum absolute atomic E-state index is 13.7. The molecule has 0 saturated carbocycles. The van der Waals surface area contributed by atoms with Crippen molar-refractivity contribution in [3.8, 4) is 0 Å². The van der Waals surface area contributed by atoms with Gasteiger partial charge in [0.2, 0.25) is 5.91 Å². The Morgan fingerprint density at radius 2 is 2.22 bits per heavy atom. The van der Waals surface area contributed by atoms with Gasteiger partial charge < -0.3 is 11.1 Å². The van der Waals surface area contributed by atoms with Crippen molar-refractivity contribution >= 4 is 17.4 Å². The van der Waals surface area contributed by atoms with Crippen molar-refractivity contribution in [3.63, 3.8) is 0 Å². The molecule has 1 aromatic rings. The molecule has 2 rings (SSSR count). The fourth-order valence-electron chi connectivity index (χ4n) is 2.30. The number of hydrogen-bond donors (Lipinski definition) is 2. The molecular formula is C13H15FN2O2. The van der Waals surface area contributed by atoms with E-state index >= 15 is 0 Å². The van der Waals surface area contributed by atoms with E-state index in [-0.39, 0.29) is 17.4 Å². The van der Waals surface area contributed by atoms with Gasteiger partial charge in [-0.05, 0) is 37.0 Å². The summed E-state index contributed by atoms with van der Waals surface area (Å²) >= 11 is 0. The molecule has 1 aliphatic rings. The number of carbonyl (C=O) groups is 2. The number of anilines is 1. The second kappa shape index (κ2) is 4.49.